The van der Waals surface area contributed by atoms with Gasteiger partial charge >= 0.3 is 6.09 Å². The summed E-state index contributed by atoms with van der Waals surface area (Å²) in [5.41, 5.74) is 0.696. The van der Waals surface area contributed by atoms with Crippen molar-refractivity contribution in [1.82, 2.24) is 5.32 Å². The Labute approximate surface area is 143 Å². The topological polar surface area (TPSA) is 71.1 Å². The maximum Gasteiger partial charge on any atom is 0.414 e. The predicted octanol–water partition coefficient (Wildman–Crippen LogP) is 1.41. The standard InChI is InChI=1S/C15H16FN3O4S/c1-9(20)17-7-11-8-19(14(21)23-11)10-2-3-13(12(16)6-10)18-4-5-22-15(18)24/h2-3,6,11H,4-5,7-8H2,1H3,(H,17,20)/t11-/m0/s1. The predicted molar refractivity (Wildman–Crippen MR) is 88.6 cm³/mol. The molecule has 3 rings (SSSR count). The van der Waals surface area contributed by atoms with Crippen LogP contribution in [0.3, 0.4) is 0 Å². The van der Waals surface area contributed by atoms with Gasteiger partial charge in [0.2, 0.25) is 5.91 Å². The van der Waals surface area contributed by atoms with E-state index in [1.165, 1.54) is 17.9 Å². The number of thiocarbonyl (C=S) groups is 1. The molecular weight excluding hydrogens is 337 g/mol. The van der Waals surface area contributed by atoms with Crippen molar-refractivity contribution in [3.8, 4) is 0 Å². The zero-order chi connectivity index (χ0) is 17.3. The highest BCUT2D eigenvalue weighted by molar-refractivity contribution is 7.80. The number of amides is 2. The lowest BCUT2D eigenvalue weighted by Crippen LogP contribution is -2.33. The van der Waals surface area contributed by atoms with E-state index in [9.17, 15) is 14.0 Å². The molecule has 0 saturated carbocycles. The number of cyclic esters (lactones) is 1. The van der Waals surface area contributed by atoms with Gasteiger partial charge in [-0.05, 0) is 30.4 Å². The Bertz CT molecular complexity index is 699. The number of benzene rings is 1. The molecule has 2 aliphatic heterocycles. The fourth-order valence-electron chi connectivity index (χ4n) is 2.59. The van der Waals surface area contributed by atoms with E-state index in [-0.39, 0.29) is 24.2 Å². The highest BCUT2D eigenvalue weighted by Gasteiger charge is 2.33. The lowest BCUT2D eigenvalue weighted by Gasteiger charge is -2.18. The monoisotopic (exact) mass is 353 g/mol. The number of nitrogens with one attached hydrogen (secondary N) is 1. The summed E-state index contributed by atoms with van der Waals surface area (Å²) in [6.07, 6.45) is -1.04. The number of ether oxygens (including phenoxy) is 2. The summed E-state index contributed by atoms with van der Waals surface area (Å²) in [4.78, 5) is 25.8. The van der Waals surface area contributed by atoms with E-state index < -0.39 is 18.0 Å². The number of carbonyl (C=O) groups excluding carboxylic acids is 2. The molecule has 0 aromatic heterocycles. The van der Waals surface area contributed by atoms with Crippen molar-refractivity contribution in [1.29, 1.82) is 0 Å². The van der Waals surface area contributed by atoms with E-state index in [1.54, 1.807) is 17.0 Å². The van der Waals surface area contributed by atoms with Gasteiger partial charge in [0.05, 0.1) is 31.0 Å². The third-order valence-electron chi connectivity index (χ3n) is 3.75. The van der Waals surface area contributed by atoms with Crippen LogP contribution in [0.15, 0.2) is 18.2 Å². The summed E-state index contributed by atoms with van der Waals surface area (Å²) in [5, 5.41) is 2.82. The molecule has 1 atom stereocenters. The lowest BCUT2D eigenvalue weighted by molar-refractivity contribution is -0.119. The quantitative estimate of drug-likeness (QED) is 0.826. The van der Waals surface area contributed by atoms with Crippen molar-refractivity contribution in [2.75, 3.05) is 36.0 Å². The highest BCUT2D eigenvalue weighted by Crippen LogP contribution is 2.29. The van der Waals surface area contributed by atoms with Gasteiger partial charge in [-0.3, -0.25) is 14.6 Å². The summed E-state index contributed by atoms with van der Waals surface area (Å²) in [6, 6.07) is 4.44. The second kappa shape index (κ2) is 6.60. The van der Waals surface area contributed by atoms with Crippen LogP contribution >= 0.6 is 12.2 Å². The molecule has 1 aromatic rings. The van der Waals surface area contributed by atoms with Gasteiger partial charge in [-0.1, -0.05) is 0 Å². The minimum absolute atomic E-state index is 0.205. The Morgan fingerprint density at radius 2 is 2.25 bits per heavy atom. The molecule has 128 valence electrons. The lowest BCUT2D eigenvalue weighted by atomic mass is 10.2. The minimum atomic E-state index is -0.572. The molecular formula is C15H16FN3O4S. The van der Waals surface area contributed by atoms with Crippen molar-refractivity contribution in [3.63, 3.8) is 0 Å². The normalized spacial score (nSPS) is 20.2. The second-order valence-electron chi connectivity index (χ2n) is 5.46. The number of carbonyl (C=O) groups is 2. The molecule has 1 N–H and O–H groups in total. The second-order valence-corrected chi connectivity index (χ2v) is 5.80. The first-order chi connectivity index (χ1) is 11.5. The Morgan fingerprint density at radius 1 is 1.46 bits per heavy atom. The van der Waals surface area contributed by atoms with Crippen LogP contribution < -0.4 is 15.1 Å². The van der Waals surface area contributed by atoms with E-state index >= 15 is 0 Å². The van der Waals surface area contributed by atoms with Gasteiger partial charge in [-0.25, -0.2) is 9.18 Å². The highest BCUT2D eigenvalue weighted by atomic mass is 32.1. The average molecular weight is 353 g/mol. The van der Waals surface area contributed by atoms with E-state index in [0.717, 1.165) is 0 Å². The Kier molecular flexibility index (Phi) is 4.52. The number of anilines is 2. The molecule has 24 heavy (non-hydrogen) atoms. The minimum Gasteiger partial charge on any atom is -0.469 e. The summed E-state index contributed by atoms with van der Waals surface area (Å²) in [5.74, 6) is -0.706. The maximum atomic E-state index is 14.4. The van der Waals surface area contributed by atoms with Crippen LogP contribution in [0.4, 0.5) is 20.6 Å². The van der Waals surface area contributed by atoms with Crippen molar-refractivity contribution in [2.24, 2.45) is 0 Å². The molecule has 0 unspecified atom stereocenters. The largest absolute Gasteiger partial charge is 0.469 e. The first kappa shape index (κ1) is 16.4. The van der Waals surface area contributed by atoms with Crippen LogP contribution in [0.5, 0.6) is 0 Å². The summed E-state index contributed by atoms with van der Waals surface area (Å²) in [7, 11) is 0. The van der Waals surface area contributed by atoms with Crippen LogP contribution in [0, 0.1) is 5.82 Å². The molecule has 2 saturated heterocycles. The SMILES string of the molecule is CC(=O)NC[C@H]1CN(c2ccc(N3CCOC3=S)c(F)c2)C(=O)O1. The number of halogens is 1. The van der Waals surface area contributed by atoms with Gasteiger partial charge in [0.1, 0.15) is 18.5 Å². The molecule has 2 fully saturated rings. The maximum absolute atomic E-state index is 14.4. The van der Waals surface area contributed by atoms with Crippen molar-refractivity contribution < 1.29 is 23.5 Å². The summed E-state index contributed by atoms with van der Waals surface area (Å²) >= 11 is 5.02. The molecule has 0 radical (unpaired) electrons. The first-order valence-electron chi connectivity index (χ1n) is 7.42. The van der Waals surface area contributed by atoms with Gasteiger partial charge in [0.15, 0.2) is 0 Å². The van der Waals surface area contributed by atoms with Crippen LogP contribution in [0.2, 0.25) is 0 Å². The van der Waals surface area contributed by atoms with Crippen molar-refractivity contribution in [2.45, 2.75) is 13.0 Å². The molecule has 7 nitrogen and oxygen atoms in total. The van der Waals surface area contributed by atoms with Crippen LogP contribution in [-0.4, -0.2) is 49.5 Å². The molecule has 2 heterocycles. The van der Waals surface area contributed by atoms with Gasteiger partial charge in [-0.15, -0.1) is 0 Å². The van der Waals surface area contributed by atoms with Gasteiger partial charge in [-0.2, -0.15) is 0 Å². The van der Waals surface area contributed by atoms with Crippen LogP contribution in [0.1, 0.15) is 6.92 Å². The fourth-order valence-corrected chi connectivity index (χ4v) is 2.86. The number of rotatable bonds is 4. The molecule has 2 aliphatic rings. The zero-order valence-electron chi connectivity index (χ0n) is 13.0. The molecule has 9 heteroatoms. The molecule has 2 amide bonds. The average Bonchev–Trinajstić information content (AvgIpc) is 3.11. The molecule has 0 bridgehead atoms. The summed E-state index contributed by atoms with van der Waals surface area (Å²) < 4.78 is 24.7. The molecule has 1 aromatic carbocycles. The van der Waals surface area contributed by atoms with Gasteiger partial charge in [0.25, 0.3) is 5.17 Å². The first-order valence-corrected chi connectivity index (χ1v) is 7.83. The van der Waals surface area contributed by atoms with E-state index in [4.69, 9.17) is 21.7 Å². The van der Waals surface area contributed by atoms with Gasteiger partial charge < -0.3 is 14.8 Å². The fraction of sp³-hybridized carbons (Fsp3) is 0.400. The number of hydrogen-bond donors (Lipinski definition) is 1. The van der Waals surface area contributed by atoms with Crippen molar-refractivity contribution in [3.05, 3.63) is 24.0 Å². The zero-order valence-corrected chi connectivity index (χ0v) is 13.8. The van der Waals surface area contributed by atoms with E-state index in [0.29, 0.717) is 24.5 Å². The van der Waals surface area contributed by atoms with Crippen LogP contribution in [-0.2, 0) is 14.3 Å². The molecule has 0 aliphatic carbocycles. The Balaban J connectivity index is 1.73. The number of hydrogen-bond acceptors (Lipinski definition) is 5. The van der Waals surface area contributed by atoms with Crippen molar-refractivity contribution >= 4 is 40.8 Å². The smallest absolute Gasteiger partial charge is 0.414 e. The number of nitrogens with zero attached hydrogens (tertiary/aromatic N) is 2. The molecule has 0 spiro atoms. The van der Waals surface area contributed by atoms with E-state index in [1.807, 2.05) is 0 Å². The Hall–Kier alpha value is -2.42. The summed E-state index contributed by atoms with van der Waals surface area (Å²) in [6.45, 7) is 2.75. The van der Waals surface area contributed by atoms with Gasteiger partial charge in [0, 0.05) is 6.92 Å². The van der Waals surface area contributed by atoms with E-state index in [2.05, 4.69) is 5.32 Å². The third kappa shape index (κ3) is 3.25. The third-order valence-corrected chi connectivity index (χ3v) is 4.09. The van der Waals surface area contributed by atoms with Crippen LogP contribution in [0.25, 0.3) is 0 Å². The Morgan fingerprint density at radius 3 is 2.88 bits per heavy atom.